The van der Waals surface area contributed by atoms with Crippen molar-refractivity contribution in [3.8, 4) is 6.07 Å². The molecule has 5 heteroatoms. The van der Waals surface area contributed by atoms with Crippen LogP contribution in [0.1, 0.15) is 25.3 Å². The Bertz CT molecular complexity index is 677. The van der Waals surface area contributed by atoms with E-state index in [9.17, 15) is 10.1 Å². The maximum absolute atomic E-state index is 11.2. The average Bonchev–Trinajstić information content (AvgIpc) is 2.51. The molecule has 0 bridgehead atoms. The van der Waals surface area contributed by atoms with Crippen molar-refractivity contribution in [3.63, 3.8) is 0 Å². The lowest BCUT2D eigenvalue weighted by molar-refractivity contribution is -0.143. The highest BCUT2D eigenvalue weighted by atomic mass is 16.5. The molecule has 21 heavy (non-hydrogen) atoms. The van der Waals surface area contributed by atoms with Crippen molar-refractivity contribution < 1.29 is 9.53 Å². The van der Waals surface area contributed by atoms with Crippen LogP contribution in [0.5, 0.6) is 0 Å². The molecule has 1 heterocycles. The van der Waals surface area contributed by atoms with Gasteiger partial charge in [0.1, 0.15) is 5.82 Å². The molecule has 1 aromatic heterocycles. The Hall–Kier alpha value is -2.61. The predicted octanol–water partition coefficient (Wildman–Crippen LogP) is 2.86. The van der Waals surface area contributed by atoms with E-state index in [0.717, 1.165) is 10.9 Å². The first-order valence-electron chi connectivity index (χ1n) is 6.94. The lowest BCUT2D eigenvalue weighted by Gasteiger charge is -2.08. The second-order valence-corrected chi connectivity index (χ2v) is 4.52. The number of nitriles is 1. The minimum absolute atomic E-state index is 0.191. The molecule has 0 unspecified atom stereocenters. The molecule has 0 aliphatic rings. The van der Waals surface area contributed by atoms with Gasteiger partial charge in [0, 0.05) is 18.4 Å². The topological polar surface area (TPSA) is 75.0 Å². The summed E-state index contributed by atoms with van der Waals surface area (Å²) < 4.78 is 4.86. The largest absolute Gasteiger partial charge is 0.466 e. The van der Waals surface area contributed by atoms with Crippen molar-refractivity contribution in [3.05, 3.63) is 35.9 Å². The van der Waals surface area contributed by atoms with E-state index in [2.05, 4.69) is 16.4 Å². The third kappa shape index (κ3) is 3.93. The Morgan fingerprint density at radius 2 is 2.24 bits per heavy atom. The maximum Gasteiger partial charge on any atom is 0.305 e. The van der Waals surface area contributed by atoms with Gasteiger partial charge >= 0.3 is 5.97 Å². The third-order valence-corrected chi connectivity index (χ3v) is 3.01. The number of hydrogen-bond acceptors (Lipinski definition) is 5. The van der Waals surface area contributed by atoms with E-state index < -0.39 is 0 Å². The van der Waals surface area contributed by atoms with Crippen molar-refractivity contribution >= 4 is 22.7 Å². The molecule has 0 saturated heterocycles. The molecule has 0 radical (unpaired) electrons. The number of carbonyl (C=O) groups is 1. The van der Waals surface area contributed by atoms with Crippen LogP contribution in [0.3, 0.4) is 0 Å². The molecule has 2 rings (SSSR count). The molecule has 108 valence electrons. The summed E-state index contributed by atoms with van der Waals surface area (Å²) in [5.41, 5.74) is 1.37. The molecule has 1 aromatic carbocycles. The van der Waals surface area contributed by atoms with Gasteiger partial charge in [0.15, 0.2) is 0 Å². The van der Waals surface area contributed by atoms with Gasteiger partial charge in [-0.3, -0.25) is 4.79 Å². The zero-order chi connectivity index (χ0) is 15.1. The second kappa shape index (κ2) is 7.25. The summed E-state index contributed by atoms with van der Waals surface area (Å²) in [6.07, 6.45) is 1.04. The first-order valence-corrected chi connectivity index (χ1v) is 6.94. The van der Waals surface area contributed by atoms with E-state index in [-0.39, 0.29) is 5.97 Å². The lowest BCUT2D eigenvalue weighted by Crippen LogP contribution is -2.09. The van der Waals surface area contributed by atoms with Gasteiger partial charge in [0.2, 0.25) is 0 Å². The molecular weight excluding hydrogens is 266 g/mol. The van der Waals surface area contributed by atoms with Crippen molar-refractivity contribution in [2.24, 2.45) is 0 Å². The van der Waals surface area contributed by atoms with Gasteiger partial charge in [-0.1, -0.05) is 18.2 Å². The number of aromatic nitrogens is 1. The Morgan fingerprint density at radius 3 is 3.00 bits per heavy atom. The highest BCUT2D eigenvalue weighted by Crippen LogP contribution is 2.19. The van der Waals surface area contributed by atoms with Gasteiger partial charge in [0.25, 0.3) is 0 Å². The number of ether oxygens (including phenoxy) is 1. The van der Waals surface area contributed by atoms with Crippen LogP contribution in [0.25, 0.3) is 10.9 Å². The zero-order valence-corrected chi connectivity index (χ0v) is 11.9. The summed E-state index contributed by atoms with van der Waals surface area (Å²) in [4.78, 5) is 15.7. The van der Waals surface area contributed by atoms with Crippen LogP contribution in [0.2, 0.25) is 0 Å². The van der Waals surface area contributed by atoms with Gasteiger partial charge in [-0.15, -0.1) is 0 Å². The number of fused-ring (bicyclic) bond motifs is 1. The van der Waals surface area contributed by atoms with E-state index in [1.807, 2.05) is 24.3 Å². The monoisotopic (exact) mass is 283 g/mol. The van der Waals surface area contributed by atoms with Crippen LogP contribution < -0.4 is 5.32 Å². The number of nitrogens with zero attached hydrogens (tertiary/aromatic N) is 2. The van der Waals surface area contributed by atoms with E-state index in [1.165, 1.54) is 0 Å². The Morgan fingerprint density at radius 1 is 1.43 bits per heavy atom. The van der Waals surface area contributed by atoms with Gasteiger partial charge in [0.05, 0.1) is 23.8 Å². The second-order valence-electron chi connectivity index (χ2n) is 4.52. The minimum atomic E-state index is -0.191. The number of hydrogen-bond donors (Lipinski definition) is 1. The number of anilines is 1. The molecule has 1 N–H and O–H groups in total. The highest BCUT2D eigenvalue weighted by molar-refractivity contribution is 5.86. The first-order chi connectivity index (χ1) is 10.2. The van der Waals surface area contributed by atoms with Gasteiger partial charge in [-0.25, -0.2) is 4.98 Å². The van der Waals surface area contributed by atoms with Crippen molar-refractivity contribution in [1.29, 1.82) is 5.26 Å². The molecule has 0 aliphatic carbocycles. The lowest BCUT2D eigenvalue weighted by atomic mass is 10.1. The molecule has 0 aliphatic heterocycles. The standard InChI is InChI=1S/C16H17N3O2/c1-2-21-16(20)8-5-9-18-15-10-12(11-17)13-6-3-4-7-14(13)19-15/h3-4,6-7,10H,2,5,8-9H2,1H3,(H,18,19). The predicted molar refractivity (Wildman–Crippen MR) is 80.8 cm³/mol. The van der Waals surface area contributed by atoms with Crippen LogP contribution in [0, 0.1) is 11.3 Å². The molecular formula is C16H17N3O2. The number of rotatable bonds is 6. The van der Waals surface area contributed by atoms with Crippen molar-refractivity contribution in [2.75, 3.05) is 18.5 Å². The van der Waals surface area contributed by atoms with Crippen LogP contribution in [0.4, 0.5) is 5.82 Å². The normalized spacial score (nSPS) is 10.1. The number of nitrogens with one attached hydrogen (secondary N) is 1. The number of benzene rings is 1. The third-order valence-electron chi connectivity index (χ3n) is 3.01. The Labute approximate surface area is 123 Å². The van der Waals surface area contributed by atoms with Gasteiger partial charge < -0.3 is 10.1 Å². The molecule has 2 aromatic rings. The fourth-order valence-electron chi connectivity index (χ4n) is 2.04. The molecule has 0 atom stereocenters. The summed E-state index contributed by atoms with van der Waals surface area (Å²) in [6, 6.07) is 11.4. The van der Waals surface area contributed by atoms with Gasteiger partial charge in [-0.2, -0.15) is 5.26 Å². The van der Waals surface area contributed by atoms with Crippen LogP contribution in [-0.2, 0) is 9.53 Å². The zero-order valence-electron chi connectivity index (χ0n) is 11.9. The van der Waals surface area contributed by atoms with E-state index in [1.54, 1.807) is 13.0 Å². The van der Waals surface area contributed by atoms with Crippen molar-refractivity contribution in [2.45, 2.75) is 19.8 Å². The fraction of sp³-hybridized carbons (Fsp3) is 0.312. The number of para-hydroxylation sites is 1. The smallest absolute Gasteiger partial charge is 0.305 e. The average molecular weight is 283 g/mol. The molecule has 0 amide bonds. The van der Waals surface area contributed by atoms with Crippen molar-refractivity contribution in [1.82, 2.24) is 4.98 Å². The van der Waals surface area contributed by atoms with E-state index in [0.29, 0.717) is 37.4 Å². The Balaban J connectivity index is 2.00. The highest BCUT2D eigenvalue weighted by Gasteiger charge is 2.05. The van der Waals surface area contributed by atoms with Crippen LogP contribution in [0.15, 0.2) is 30.3 Å². The maximum atomic E-state index is 11.2. The number of carbonyl (C=O) groups excluding carboxylic acids is 1. The molecule has 0 saturated carbocycles. The molecule has 0 fully saturated rings. The summed E-state index contributed by atoms with van der Waals surface area (Å²) in [5, 5.41) is 13.2. The quantitative estimate of drug-likeness (QED) is 0.651. The molecule has 0 spiro atoms. The first kappa shape index (κ1) is 14.8. The SMILES string of the molecule is CCOC(=O)CCCNc1cc(C#N)c2ccccc2n1. The summed E-state index contributed by atoms with van der Waals surface area (Å²) in [6.45, 7) is 2.80. The Kier molecular flexibility index (Phi) is 5.10. The molecule has 5 nitrogen and oxygen atoms in total. The fourth-order valence-corrected chi connectivity index (χ4v) is 2.04. The summed E-state index contributed by atoms with van der Waals surface area (Å²) in [7, 11) is 0. The number of pyridine rings is 1. The van der Waals surface area contributed by atoms with Gasteiger partial charge in [-0.05, 0) is 25.5 Å². The van der Waals surface area contributed by atoms with E-state index in [4.69, 9.17) is 4.74 Å². The van der Waals surface area contributed by atoms with Crippen LogP contribution >= 0.6 is 0 Å². The summed E-state index contributed by atoms with van der Waals surface area (Å²) >= 11 is 0. The number of esters is 1. The van der Waals surface area contributed by atoms with Crippen LogP contribution in [-0.4, -0.2) is 24.1 Å². The van der Waals surface area contributed by atoms with E-state index >= 15 is 0 Å². The minimum Gasteiger partial charge on any atom is -0.466 e. The summed E-state index contributed by atoms with van der Waals surface area (Å²) in [5.74, 6) is 0.456.